The van der Waals surface area contributed by atoms with Gasteiger partial charge in [-0.25, -0.2) is 17.5 Å². The number of alkyl halides is 3. The molecule has 1 aliphatic rings. The molecule has 1 aliphatic heterocycles. The second-order valence-electron chi connectivity index (χ2n) is 9.55. The molecule has 0 unspecified atom stereocenters. The van der Waals surface area contributed by atoms with Crippen LogP contribution in [0.15, 0.2) is 47.8 Å². The van der Waals surface area contributed by atoms with Crippen molar-refractivity contribution in [1.29, 1.82) is 5.26 Å². The van der Waals surface area contributed by atoms with Crippen LogP contribution in [0.4, 0.5) is 17.6 Å². The Kier molecular flexibility index (Phi) is 7.11. The topological polar surface area (TPSA) is 113 Å². The van der Waals surface area contributed by atoms with E-state index in [1.807, 2.05) is 0 Å². The summed E-state index contributed by atoms with van der Waals surface area (Å²) < 4.78 is 82.7. The van der Waals surface area contributed by atoms with Gasteiger partial charge in [0, 0.05) is 44.7 Å². The van der Waals surface area contributed by atoms with E-state index < -0.39 is 34.5 Å². The van der Waals surface area contributed by atoms with E-state index in [1.165, 1.54) is 29.6 Å². The van der Waals surface area contributed by atoms with Crippen LogP contribution in [-0.4, -0.2) is 74.8 Å². The number of hydrogen-bond acceptors (Lipinski definition) is 7. The Morgan fingerprint density at radius 1 is 1.12 bits per heavy atom. The molecule has 15 heteroatoms. The van der Waals surface area contributed by atoms with Crippen LogP contribution in [0.3, 0.4) is 0 Å². The van der Waals surface area contributed by atoms with Crippen LogP contribution in [0.2, 0.25) is 0 Å². The highest BCUT2D eigenvalue weighted by atomic mass is 32.2. The van der Waals surface area contributed by atoms with Gasteiger partial charge in [-0.05, 0) is 48.4 Å². The van der Waals surface area contributed by atoms with Gasteiger partial charge in [0.2, 0.25) is 5.03 Å². The van der Waals surface area contributed by atoms with Crippen molar-refractivity contribution in [3.63, 3.8) is 0 Å². The molecular weight excluding hydrogens is 552 g/mol. The number of aromatic nitrogens is 5. The molecule has 2 aromatic heterocycles. The lowest BCUT2D eigenvalue weighted by Gasteiger charge is -2.41. The first-order chi connectivity index (χ1) is 18.9. The number of sulfonamides is 1. The van der Waals surface area contributed by atoms with Crippen LogP contribution in [0.5, 0.6) is 0 Å². The van der Waals surface area contributed by atoms with Gasteiger partial charge in [0.15, 0.2) is 0 Å². The van der Waals surface area contributed by atoms with Crippen molar-refractivity contribution in [2.24, 2.45) is 7.05 Å². The Bertz CT molecular complexity index is 1720. The van der Waals surface area contributed by atoms with Gasteiger partial charge < -0.3 is 0 Å². The van der Waals surface area contributed by atoms with E-state index >= 15 is 0 Å². The first-order valence-electron chi connectivity index (χ1n) is 12.2. The number of rotatable bonds is 6. The number of nitrogens with zero attached hydrogens (tertiary/aromatic N) is 8. The summed E-state index contributed by atoms with van der Waals surface area (Å²) in [5.74, 6) is -0.654. The fourth-order valence-corrected chi connectivity index (χ4v) is 6.24. The monoisotopic (exact) mass is 576 g/mol. The van der Waals surface area contributed by atoms with Gasteiger partial charge in [-0.3, -0.25) is 4.90 Å². The molecular formula is C25H24F4N8O2S. The minimum absolute atomic E-state index is 0.00170. The highest BCUT2D eigenvalue weighted by Gasteiger charge is 2.38. The van der Waals surface area contributed by atoms with Crippen LogP contribution >= 0.6 is 0 Å². The van der Waals surface area contributed by atoms with Gasteiger partial charge in [0.25, 0.3) is 10.0 Å². The van der Waals surface area contributed by atoms with Gasteiger partial charge >= 0.3 is 6.18 Å². The molecule has 2 aromatic carbocycles. The molecule has 10 nitrogen and oxygen atoms in total. The maximum atomic E-state index is 13.9. The average molecular weight is 577 g/mol. The Morgan fingerprint density at radius 2 is 1.90 bits per heavy atom. The quantitative estimate of drug-likeness (QED) is 0.323. The van der Waals surface area contributed by atoms with Gasteiger partial charge in [-0.15, -0.1) is 5.10 Å². The third-order valence-corrected chi connectivity index (χ3v) is 8.68. The zero-order valence-corrected chi connectivity index (χ0v) is 22.3. The normalized spacial score (nSPS) is 17.4. The Labute approximate surface area is 227 Å². The highest BCUT2D eigenvalue weighted by molar-refractivity contribution is 7.89. The molecule has 1 saturated heterocycles. The predicted octanol–water partition coefficient (Wildman–Crippen LogP) is 3.47. The molecule has 0 spiro atoms. The third-order valence-electron chi connectivity index (χ3n) is 6.95. The third kappa shape index (κ3) is 5.29. The fraction of sp³-hybridized carbons (Fsp3) is 0.360. The summed E-state index contributed by atoms with van der Waals surface area (Å²) in [7, 11) is -2.54. The average Bonchev–Trinajstić information content (AvgIpc) is 3.53. The molecule has 0 aliphatic carbocycles. The second-order valence-corrected chi connectivity index (χ2v) is 11.4. The number of benzene rings is 2. The highest BCUT2D eigenvalue weighted by Crippen LogP contribution is 2.34. The molecule has 1 fully saturated rings. The van der Waals surface area contributed by atoms with Crippen LogP contribution in [0.1, 0.15) is 29.2 Å². The summed E-state index contributed by atoms with van der Waals surface area (Å²) in [6.45, 7) is 1.49. The summed E-state index contributed by atoms with van der Waals surface area (Å²) in [5, 5.41) is 21.7. The van der Waals surface area contributed by atoms with Crippen molar-refractivity contribution < 1.29 is 26.0 Å². The maximum Gasteiger partial charge on any atom is 0.390 e. The van der Waals surface area contributed by atoms with Gasteiger partial charge in [0.05, 0.1) is 35.6 Å². The molecule has 0 saturated carbocycles. The first-order valence-corrected chi connectivity index (χ1v) is 13.7. The van der Waals surface area contributed by atoms with E-state index in [9.17, 15) is 31.2 Å². The molecule has 5 rings (SSSR count). The minimum atomic E-state index is -4.37. The molecule has 0 bridgehead atoms. The van der Waals surface area contributed by atoms with Crippen molar-refractivity contribution in [2.45, 2.75) is 30.6 Å². The zero-order chi connectivity index (χ0) is 28.8. The van der Waals surface area contributed by atoms with E-state index in [0.717, 1.165) is 11.0 Å². The van der Waals surface area contributed by atoms with Gasteiger partial charge in [0.1, 0.15) is 11.9 Å². The van der Waals surface area contributed by atoms with Crippen molar-refractivity contribution in [3.8, 4) is 11.8 Å². The summed E-state index contributed by atoms with van der Waals surface area (Å²) in [4.78, 5) is 2.77. The number of halogens is 4. The smallest absolute Gasteiger partial charge is 0.293 e. The molecule has 3 heterocycles. The Balaban J connectivity index is 1.53. The van der Waals surface area contributed by atoms with E-state index in [1.54, 1.807) is 40.9 Å². The molecule has 0 radical (unpaired) electrons. The van der Waals surface area contributed by atoms with Crippen molar-refractivity contribution in [2.75, 3.05) is 26.2 Å². The van der Waals surface area contributed by atoms with E-state index in [0.29, 0.717) is 27.7 Å². The predicted molar refractivity (Wildman–Crippen MR) is 135 cm³/mol. The Morgan fingerprint density at radius 3 is 2.58 bits per heavy atom. The molecule has 210 valence electrons. The lowest BCUT2D eigenvalue weighted by molar-refractivity contribution is -0.140. The molecule has 0 N–H and O–H groups in total. The van der Waals surface area contributed by atoms with Crippen LogP contribution in [-0.2, 0) is 17.1 Å². The van der Waals surface area contributed by atoms with Crippen LogP contribution in [0.25, 0.3) is 16.6 Å². The molecule has 40 heavy (non-hydrogen) atoms. The van der Waals surface area contributed by atoms with E-state index in [-0.39, 0.29) is 36.8 Å². The maximum absolute atomic E-state index is 13.9. The van der Waals surface area contributed by atoms with Crippen LogP contribution in [0, 0.1) is 24.1 Å². The van der Waals surface area contributed by atoms with Crippen molar-refractivity contribution >= 4 is 20.9 Å². The lowest BCUT2D eigenvalue weighted by Crippen LogP contribution is -2.51. The van der Waals surface area contributed by atoms with Gasteiger partial charge in [-0.1, -0.05) is 0 Å². The minimum Gasteiger partial charge on any atom is -0.293 e. The SMILES string of the molecule is Cc1cc2c(cnn2-c2ccc(F)c(C#N)c2)cc1[C@H]1CN(S(=O)(=O)c2cnn(C)n2)CCN1CCC(F)(F)F. The summed E-state index contributed by atoms with van der Waals surface area (Å²) in [6.07, 6.45) is -2.71. The van der Waals surface area contributed by atoms with Gasteiger partial charge in [-0.2, -0.15) is 37.7 Å². The zero-order valence-electron chi connectivity index (χ0n) is 21.5. The number of hydrogen-bond donors (Lipinski definition) is 0. The fourth-order valence-electron chi connectivity index (χ4n) is 4.92. The summed E-state index contributed by atoms with van der Waals surface area (Å²) >= 11 is 0. The lowest BCUT2D eigenvalue weighted by atomic mass is 9.96. The first kappa shape index (κ1) is 27.7. The van der Waals surface area contributed by atoms with E-state index in [2.05, 4.69) is 15.3 Å². The Hall–Kier alpha value is -3.87. The number of fused-ring (bicyclic) bond motifs is 1. The number of piperazine rings is 1. The molecule has 0 amide bonds. The number of aryl methyl sites for hydroxylation is 2. The van der Waals surface area contributed by atoms with Crippen LogP contribution < -0.4 is 0 Å². The standard InChI is InChI=1S/C25H24F4N8O2S/c1-16-9-22-18(13-32-37(22)19-3-4-21(26)17(10-19)12-30)11-20(16)23-15-36(8-7-35(23)6-5-25(27,28)29)40(38,39)24-14-31-34(2)33-24/h3-4,9-11,13-14,23H,5-8,15H2,1-2H3/t23-/m1/s1. The number of nitriles is 1. The molecule has 4 aromatic rings. The largest absolute Gasteiger partial charge is 0.390 e. The summed E-state index contributed by atoms with van der Waals surface area (Å²) in [6, 6.07) is 8.75. The van der Waals surface area contributed by atoms with Crippen molar-refractivity contribution in [1.82, 2.24) is 34.0 Å². The molecule has 1 atom stereocenters. The summed E-state index contributed by atoms with van der Waals surface area (Å²) in [5.41, 5.74) is 2.33. The second kappa shape index (κ2) is 10.3. The van der Waals surface area contributed by atoms with Crippen molar-refractivity contribution in [3.05, 3.63) is 65.2 Å². The van der Waals surface area contributed by atoms with E-state index in [4.69, 9.17) is 0 Å².